The Morgan fingerprint density at radius 2 is 2.25 bits per heavy atom. The third kappa shape index (κ3) is 3.15. The van der Waals surface area contributed by atoms with E-state index in [-0.39, 0.29) is 5.54 Å². The van der Waals surface area contributed by atoms with Crippen molar-refractivity contribution in [1.29, 1.82) is 0 Å². The molecule has 0 bridgehead atoms. The highest BCUT2D eigenvalue weighted by Crippen LogP contribution is 2.19. The van der Waals surface area contributed by atoms with Crippen LogP contribution in [0.3, 0.4) is 0 Å². The fourth-order valence-electron chi connectivity index (χ4n) is 1.28. The van der Waals surface area contributed by atoms with Gasteiger partial charge in [0.1, 0.15) is 6.26 Å². The number of nitrogens with one attached hydrogen (secondary N) is 1. The fraction of sp³-hybridized carbons (Fsp3) is 0.778. The largest absolute Gasteiger partial charge is 0.416 e. The highest BCUT2D eigenvalue weighted by atomic mass is 79.9. The minimum atomic E-state index is 0.0757. The molecule has 0 aromatic heterocycles. The number of hydrogen-bond donors (Lipinski definition) is 1. The first kappa shape index (κ1) is 10.1. The zero-order valence-electron chi connectivity index (χ0n) is 7.48. The summed E-state index contributed by atoms with van der Waals surface area (Å²) in [4.78, 5) is 4.98. The van der Waals surface area contributed by atoms with Gasteiger partial charge in [0, 0.05) is 5.33 Å². The van der Waals surface area contributed by atoms with Crippen molar-refractivity contribution < 1.29 is 4.84 Å². The van der Waals surface area contributed by atoms with Crippen molar-refractivity contribution in [3.05, 3.63) is 12.3 Å². The SMILES string of the molecule is CC1(CCCCCBr)C=CON1. The lowest BCUT2D eigenvalue weighted by atomic mass is 9.96. The highest BCUT2D eigenvalue weighted by Gasteiger charge is 2.24. The summed E-state index contributed by atoms with van der Waals surface area (Å²) in [6.07, 6.45) is 8.77. The van der Waals surface area contributed by atoms with Crippen molar-refractivity contribution in [3.8, 4) is 0 Å². The van der Waals surface area contributed by atoms with Gasteiger partial charge < -0.3 is 4.84 Å². The molecule has 12 heavy (non-hydrogen) atoms. The standard InChI is InChI=1S/C9H16BrNO/c1-9(6-8-12-11-9)5-3-2-4-7-10/h6,8,11H,2-5,7H2,1H3. The second-order valence-corrected chi connectivity index (χ2v) is 4.23. The third-order valence-corrected chi connectivity index (χ3v) is 2.69. The van der Waals surface area contributed by atoms with Gasteiger partial charge in [0.25, 0.3) is 0 Å². The Hall–Kier alpha value is -0.0200. The van der Waals surface area contributed by atoms with E-state index in [4.69, 9.17) is 4.84 Å². The lowest BCUT2D eigenvalue weighted by Crippen LogP contribution is -2.35. The van der Waals surface area contributed by atoms with Gasteiger partial charge in [-0.25, -0.2) is 0 Å². The number of hydroxylamine groups is 1. The summed E-state index contributed by atoms with van der Waals surface area (Å²) >= 11 is 3.42. The van der Waals surface area contributed by atoms with Gasteiger partial charge in [0.15, 0.2) is 0 Å². The van der Waals surface area contributed by atoms with Gasteiger partial charge in [-0.3, -0.25) is 0 Å². The quantitative estimate of drug-likeness (QED) is 0.583. The van der Waals surface area contributed by atoms with Crippen LogP contribution in [0.1, 0.15) is 32.6 Å². The second kappa shape index (κ2) is 4.87. The van der Waals surface area contributed by atoms with Crippen LogP contribution in [0.5, 0.6) is 0 Å². The topological polar surface area (TPSA) is 21.3 Å². The van der Waals surface area contributed by atoms with Gasteiger partial charge in [-0.15, -0.1) is 5.48 Å². The van der Waals surface area contributed by atoms with E-state index in [2.05, 4.69) is 34.4 Å². The van der Waals surface area contributed by atoms with Crippen molar-refractivity contribution in [2.45, 2.75) is 38.1 Å². The average molecular weight is 234 g/mol. The molecule has 1 heterocycles. The molecule has 0 saturated heterocycles. The lowest BCUT2D eigenvalue weighted by Gasteiger charge is -2.19. The summed E-state index contributed by atoms with van der Waals surface area (Å²) in [6, 6.07) is 0. The van der Waals surface area contributed by atoms with E-state index < -0.39 is 0 Å². The summed E-state index contributed by atoms with van der Waals surface area (Å²) in [5, 5.41) is 1.11. The third-order valence-electron chi connectivity index (χ3n) is 2.13. The molecule has 0 saturated carbocycles. The van der Waals surface area contributed by atoms with Crippen LogP contribution >= 0.6 is 15.9 Å². The summed E-state index contributed by atoms with van der Waals surface area (Å²) < 4.78 is 0. The van der Waals surface area contributed by atoms with Crippen LogP contribution in [0.25, 0.3) is 0 Å². The molecule has 0 spiro atoms. The molecular weight excluding hydrogens is 218 g/mol. The van der Waals surface area contributed by atoms with E-state index in [1.165, 1.54) is 19.3 Å². The predicted molar refractivity (Wildman–Crippen MR) is 54.0 cm³/mol. The first-order valence-electron chi connectivity index (χ1n) is 4.43. The van der Waals surface area contributed by atoms with E-state index in [1.807, 2.05) is 0 Å². The molecule has 0 fully saturated rings. The Balaban J connectivity index is 2.09. The maximum Gasteiger partial charge on any atom is 0.109 e. The molecule has 0 aliphatic carbocycles. The molecule has 0 aromatic carbocycles. The minimum Gasteiger partial charge on any atom is -0.416 e. The Morgan fingerprint density at radius 1 is 1.42 bits per heavy atom. The van der Waals surface area contributed by atoms with Crippen LogP contribution in [-0.4, -0.2) is 10.9 Å². The molecule has 0 radical (unpaired) electrons. The molecule has 1 aliphatic rings. The van der Waals surface area contributed by atoms with Gasteiger partial charge in [0.2, 0.25) is 0 Å². The van der Waals surface area contributed by atoms with Gasteiger partial charge >= 0.3 is 0 Å². The number of rotatable bonds is 5. The van der Waals surface area contributed by atoms with Crippen LogP contribution in [0.2, 0.25) is 0 Å². The summed E-state index contributed by atoms with van der Waals surface area (Å²) in [6.45, 7) is 2.16. The number of alkyl halides is 1. The average Bonchev–Trinajstić information content (AvgIpc) is 2.47. The van der Waals surface area contributed by atoms with Crippen LogP contribution < -0.4 is 5.48 Å². The number of unbranched alkanes of at least 4 members (excludes halogenated alkanes) is 2. The first-order chi connectivity index (χ1) is 5.77. The van der Waals surface area contributed by atoms with Crippen LogP contribution in [0.4, 0.5) is 0 Å². The molecule has 3 heteroatoms. The normalized spacial score (nSPS) is 27.5. The molecule has 2 nitrogen and oxygen atoms in total. The molecule has 70 valence electrons. The summed E-state index contributed by atoms with van der Waals surface area (Å²) in [5.41, 5.74) is 3.06. The Morgan fingerprint density at radius 3 is 2.83 bits per heavy atom. The zero-order chi connectivity index (χ0) is 8.86. The highest BCUT2D eigenvalue weighted by molar-refractivity contribution is 9.09. The molecule has 0 aromatic rings. The van der Waals surface area contributed by atoms with Crippen molar-refractivity contribution in [3.63, 3.8) is 0 Å². The van der Waals surface area contributed by atoms with Crippen molar-refractivity contribution in [2.75, 3.05) is 5.33 Å². The van der Waals surface area contributed by atoms with Gasteiger partial charge in [-0.05, 0) is 25.8 Å². The Labute approximate surface area is 82.4 Å². The maximum atomic E-state index is 4.98. The molecule has 1 unspecified atom stereocenters. The van der Waals surface area contributed by atoms with E-state index >= 15 is 0 Å². The van der Waals surface area contributed by atoms with Gasteiger partial charge in [-0.1, -0.05) is 28.8 Å². The van der Waals surface area contributed by atoms with E-state index in [1.54, 1.807) is 6.26 Å². The number of hydrogen-bond acceptors (Lipinski definition) is 2. The van der Waals surface area contributed by atoms with Gasteiger partial charge in [0.05, 0.1) is 5.54 Å². The minimum absolute atomic E-state index is 0.0757. The van der Waals surface area contributed by atoms with Crippen LogP contribution in [-0.2, 0) is 4.84 Å². The van der Waals surface area contributed by atoms with E-state index in [0.29, 0.717) is 0 Å². The zero-order valence-corrected chi connectivity index (χ0v) is 9.06. The molecule has 0 amide bonds. The maximum absolute atomic E-state index is 4.98. The predicted octanol–water partition coefficient (Wildman–Crippen LogP) is 2.75. The molecule has 1 rings (SSSR count). The monoisotopic (exact) mass is 233 g/mol. The second-order valence-electron chi connectivity index (χ2n) is 3.44. The van der Waals surface area contributed by atoms with Crippen molar-refractivity contribution in [1.82, 2.24) is 5.48 Å². The smallest absolute Gasteiger partial charge is 0.109 e. The summed E-state index contributed by atoms with van der Waals surface area (Å²) in [7, 11) is 0. The fourth-order valence-corrected chi connectivity index (χ4v) is 1.68. The molecular formula is C9H16BrNO. The summed E-state index contributed by atoms with van der Waals surface area (Å²) in [5.74, 6) is 0. The van der Waals surface area contributed by atoms with E-state index in [9.17, 15) is 0 Å². The van der Waals surface area contributed by atoms with Crippen molar-refractivity contribution >= 4 is 15.9 Å². The van der Waals surface area contributed by atoms with Crippen LogP contribution in [0.15, 0.2) is 12.3 Å². The van der Waals surface area contributed by atoms with Crippen molar-refractivity contribution in [2.24, 2.45) is 0 Å². The van der Waals surface area contributed by atoms with E-state index in [0.717, 1.165) is 11.8 Å². The molecule has 1 atom stereocenters. The number of halogens is 1. The van der Waals surface area contributed by atoms with Crippen LogP contribution in [0, 0.1) is 0 Å². The molecule has 1 aliphatic heterocycles. The Bertz CT molecular complexity index is 161. The molecule has 1 N–H and O–H groups in total. The first-order valence-corrected chi connectivity index (χ1v) is 5.55. The Kier molecular flexibility index (Phi) is 4.09. The lowest BCUT2D eigenvalue weighted by molar-refractivity contribution is 0.100. The van der Waals surface area contributed by atoms with Gasteiger partial charge in [-0.2, -0.15) is 0 Å².